The van der Waals surface area contributed by atoms with E-state index in [1.54, 1.807) is 12.1 Å². The van der Waals surface area contributed by atoms with E-state index in [-0.39, 0.29) is 11.8 Å². The molecule has 6 heteroatoms. The van der Waals surface area contributed by atoms with E-state index in [1.165, 1.54) is 0 Å². The summed E-state index contributed by atoms with van der Waals surface area (Å²) in [6, 6.07) is 5.40. The molecule has 0 saturated carbocycles. The molecule has 0 radical (unpaired) electrons. The van der Waals surface area contributed by atoms with Crippen LogP contribution in [0.3, 0.4) is 0 Å². The third-order valence-electron chi connectivity index (χ3n) is 3.22. The van der Waals surface area contributed by atoms with Crippen LogP contribution in [0.25, 0.3) is 0 Å². The molecule has 1 unspecified atom stereocenters. The van der Waals surface area contributed by atoms with Crippen molar-refractivity contribution in [3.05, 3.63) is 23.8 Å². The minimum Gasteiger partial charge on any atom is -0.366 e. The second-order valence-electron chi connectivity index (χ2n) is 4.65. The summed E-state index contributed by atoms with van der Waals surface area (Å²) in [5.74, 6) is -0.178. The fourth-order valence-corrected chi connectivity index (χ4v) is 2.26. The number of morpholine rings is 1. The first-order chi connectivity index (χ1) is 9.22. The van der Waals surface area contributed by atoms with Crippen molar-refractivity contribution in [1.29, 1.82) is 0 Å². The average Bonchev–Trinajstić information content (AvgIpc) is 2.79. The van der Waals surface area contributed by atoms with Gasteiger partial charge >= 0.3 is 0 Å². The number of ether oxygens (including phenoxy) is 1. The molecule has 0 spiro atoms. The molecule has 2 heterocycles. The van der Waals surface area contributed by atoms with Crippen molar-refractivity contribution in [2.45, 2.75) is 12.5 Å². The maximum absolute atomic E-state index is 12.0. The van der Waals surface area contributed by atoms with Crippen LogP contribution in [0.5, 0.6) is 0 Å². The van der Waals surface area contributed by atoms with Gasteiger partial charge in [0.05, 0.1) is 13.0 Å². The van der Waals surface area contributed by atoms with Crippen LogP contribution in [0.15, 0.2) is 18.2 Å². The zero-order chi connectivity index (χ0) is 13.2. The predicted octanol–water partition coefficient (Wildman–Crippen LogP) is 0.108. The van der Waals surface area contributed by atoms with Gasteiger partial charge in [0.25, 0.3) is 5.91 Å². The number of rotatable bonds is 2. The summed E-state index contributed by atoms with van der Waals surface area (Å²) >= 11 is 0. The highest BCUT2D eigenvalue weighted by molar-refractivity contribution is 6.00. The molecule has 1 fully saturated rings. The number of amides is 2. The highest BCUT2D eigenvalue weighted by atomic mass is 16.5. The van der Waals surface area contributed by atoms with Crippen molar-refractivity contribution >= 4 is 23.2 Å². The number of hydrogen-bond donors (Lipinski definition) is 3. The number of carbonyl (C=O) groups excluding carboxylic acids is 2. The Kier molecular flexibility index (Phi) is 3.18. The highest BCUT2D eigenvalue weighted by Gasteiger charge is 2.23. The van der Waals surface area contributed by atoms with E-state index in [9.17, 15) is 9.59 Å². The van der Waals surface area contributed by atoms with Crippen LogP contribution < -0.4 is 16.0 Å². The van der Waals surface area contributed by atoms with Crippen LogP contribution in [0.1, 0.15) is 5.56 Å². The molecule has 19 heavy (non-hydrogen) atoms. The molecule has 0 aliphatic carbocycles. The van der Waals surface area contributed by atoms with Crippen molar-refractivity contribution < 1.29 is 14.3 Å². The quantitative estimate of drug-likeness (QED) is 0.706. The van der Waals surface area contributed by atoms with Gasteiger partial charge in [-0.05, 0) is 23.8 Å². The van der Waals surface area contributed by atoms with E-state index in [4.69, 9.17) is 4.74 Å². The predicted molar refractivity (Wildman–Crippen MR) is 70.0 cm³/mol. The van der Waals surface area contributed by atoms with Crippen molar-refractivity contribution in [1.82, 2.24) is 5.32 Å². The van der Waals surface area contributed by atoms with Gasteiger partial charge in [0.2, 0.25) is 5.91 Å². The lowest BCUT2D eigenvalue weighted by atomic mass is 10.1. The molecule has 0 bridgehead atoms. The molecule has 100 valence electrons. The number of hydrogen-bond acceptors (Lipinski definition) is 4. The monoisotopic (exact) mass is 261 g/mol. The molecule has 1 aromatic rings. The standard InChI is InChI=1S/C13H15N3O3/c17-12-6-8-5-9(1-2-10(8)16-12)15-13(18)11-7-14-3-4-19-11/h1-2,5,11,14H,3-4,6-7H2,(H,15,18)(H,16,17). The Morgan fingerprint density at radius 3 is 3.11 bits per heavy atom. The molecule has 1 saturated heterocycles. The maximum atomic E-state index is 12.0. The van der Waals surface area contributed by atoms with Gasteiger partial charge in [-0.2, -0.15) is 0 Å². The summed E-state index contributed by atoms with van der Waals surface area (Å²) in [6.45, 7) is 1.84. The summed E-state index contributed by atoms with van der Waals surface area (Å²) in [7, 11) is 0. The lowest BCUT2D eigenvalue weighted by Crippen LogP contribution is -2.45. The average molecular weight is 261 g/mol. The number of carbonyl (C=O) groups is 2. The Morgan fingerprint density at radius 1 is 1.42 bits per heavy atom. The largest absolute Gasteiger partial charge is 0.366 e. The molecule has 6 nitrogen and oxygen atoms in total. The summed E-state index contributed by atoms with van der Waals surface area (Å²) in [5, 5.41) is 8.68. The Balaban J connectivity index is 1.68. The van der Waals surface area contributed by atoms with Gasteiger partial charge in [0.1, 0.15) is 6.10 Å². The van der Waals surface area contributed by atoms with Crippen LogP contribution in [0.4, 0.5) is 11.4 Å². The van der Waals surface area contributed by atoms with Crippen LogP contribution in [0, 0.1) is 0 Å². The molecule has 2 aliphatic heterocycles. The van der Waals surface area contributed by atoms with Crippen molar-refractivity contribution in [2.24, 2.45) is 0 Å². The Morgan fingerprint density at radius 2 is 2.32 bits per heavy atom. The van der Waals surface area contributed by atoms with E-state index in [0.717, 1.165) is 17.8 Å². The topological polar surface area (TPSA) is 79.5 Å². The van der Waals surface area contributed by atoms with Gasteiger partial charge in [-0.15, -0.1) is 0 Å². The van der Waals surface area contributed by atoms with Crippen LogP contribution >= 0.6 is 0 Å². The Bertz CT molecular complexity index is 524. The second-order valence-corrected chi connectivity index (χ2v) is 4.65. The number of nitrogens with one attached hydrogen (secondary N) is 3. The van der Waals surface area contributed by atoms with E-state index >= 15 is 0 Å². The van der Waals surface area contributed by atoms with Gasteiger partial charge in [-0.25, -0.2) is 0 Å². The first-order valence-electron chi connectivity index (χ1n) is 6.28. The molecule has 2 aliphatic rings. The van der Waals surface area contributed by atoms with Crippen molar-refractivity contribution in [3.8, 4) is 0 Å². The van der Waals surface area contributed by atoms with E-state index in [0.29, 0.717) is 25.3 Å². The SMILES string of the molecule is O=C1Cc2cc(NC(=O)C3CNCCO3)ccc2N1. The van der Waals surface area contributed by atoms with Gasteiger partial charge < -0.3 is 20.7 Å². The summed E-state index contributed by atoms with van der Waals surface area (Å²) in [5.41, 5.74) is 2.42. The maximum Gasteiger partial charge on any atom is 0.254 e. The fourth-order valence-electron chi connectivity index (χ4n) is 2.26. The fraction of sp³-hybridized carbons (Fsp3) is 0.385. The van der Waals surface area contributed by atoms with Gasteiger partial charge in [-0.1, -0.05) is 0 Å². The number of fused-ring (bicyclic) bond motifs is 1. The third-order valence-corrected chi connectivity index (χ3v) is 3.22. The van der Waals surface area contributed by atoms with Crippen LogP contribution in [-0.2, 0) is 20.7 Å². The van der Waals surface area contributed by atoms with E-state index < -0.39 is 6.10 Å². The molecule has 3 rings (SSSR count). The second kappa shape index (κ2) is 4.99. The van der Waals surface area contributed by atoms with Crippen molar-refractivity contribution in [3.63, 3.8) is 0 Å². The molecular weight excluding hydrogens is 246 g/mol. The summed E-state index contributed by atoms with van der Waals surface area (Å²) in [4.78, 5) is 23.2. The van der Waals surface area contributed by atoms with Gasteiger partial charge in [0, 0.05) is 24.5 Å². The number of anilines is 2. The molecule has 3 N–H and O–H groups in total. The van der Waals surface area contributed by atoms with Crippen LogP contribution in [0.2, 0.25) is 0 Å². The first kappa shape index (κ1) is 12.1. The first-order valence-corrected chi connectivity index (χ1v) is 6.28. The molecule has 1 atom stereocenters. The van der Waals surface area contributed by atoms with Crippen LogP contribution in [-0.4, -0.2) is 37.6 Å². The zero-order valence-corrected chi connectivity index (χ0v) is 10.4. The molecule has 2 amide bonds. The Labute approximate surface area is 110 Å². The minimum absolute atomic E-state index is 0.0155. The number of benzene rings is 1. The van der Waals surface area contributed by atoms with E-state index in [1.807, 2.05) is 6.07 Å². The highest BCUT2D eigenvalue weighted by Crippen LogP contribution is 2.26. The lowest BCUT2D eigenvalue weighted by molar-refractivity contribution is -0.128. The molecule has 1 aromatic carbocycles. The zero-order valence-electron chi connectivity index (χ0n) is 10.4. The van der Waals surface area contributed by atoms with Crippen molar-refractivity contribution in [2.75, 3.05) is 30.3 Å². The van der Waals surface area contributed by atoms with Gasteiger partial charge in [-0.3, -0.25) is 9.59 Å². The summed E-state index contributed by atoms with van der Waals surface area (Å²) in [6.07, 6.45) is -0.0951. The molecular formula is C13H15N3O3. The normalized spacial score (nSPS) is 21.7. The lowest BCUT2D eigenvalue weighted by Gasteiger charge is -2.22. The van der Waals surface area contributed by atoms with E-state index in [2.05, 4.69) is 16.0 Å². The smallest absolute Gasteiger partial charge is 0.254 e. The third kappa shape index (κ3) is 2.59. The Hall–Kier alpha value is -1.92. The molecule has 0 aromatic heterocycles. The summed E-state index contributed by atoms with van der Waals surface area (Å²) < 4.78 is 5.38. The van der Waals surface area contributed by atoms with Gasteiger partial charge in [0.15, 0.2) is 0 Å². The minimum atomic E-state index is -0.457.